The molecule has 8 nitrogen and oxygen atoms in total. The Balaban J connectivity index is 1.43. The van der Waals surface area contributed by atoms with Gasteiger partial charge in [0.2, 0.25) is 11.0 Å². The second kappa shape index (κ2) is 8.45. The van der Waals surface area contributed by atoms with Crippen LogP contribution in [-0.4, -0.2) is 75.3 Å². The van der Waals surface area contributed by atoms with Gasteiger partial charge in [-0.2, -0.15) is 0 Å². The Bertz CT molecular complexity index is 709. The Morgan fingerprint density at radius 3 is 2.80 bits per heavy atom. The van der Waals surface area contributed by atoms with Gasteiger partial charge in [-0.15, -0.1) is 10.2 Å². The van der Waals surface area contributed by atoms with E-state index in [9.17, 15) is 9.59 Å². The molecule has 1 aliphatic rings. The van der Waals surface area contributed by atoms with Gasteiger partial charge in [0.05, 0.1) is 6.54 Å². The number of hydrogen-bond acceptors (Lipinski definition) is 7. The summed E-state index contributed by atoms with van der Waals surface area (Å²) in [6, 6.07) is 3.58. The topological polar surface area (TPSA) is 94.2 Å². The minimum absolute atomic E-state index is 0.00363. The molecule has 1 saturated heterocycles. The lowest BCUT2D eigenvalue weighted by molar-refractivity contribution is -0.117. The molecule has 1 aliphatic heterocycles. The van der Waals surface area contributed by atoms with Gasteiger partial charge in [0.15, 0.2) is 4.34 Å². The number of aromatic amines is 1. The summed E-state index contributed by atoms with van der Waals surface area (Å²) in [7, 11) is 0. The quantitative estimate of drug-likeness (QED) is 0.581. The maximum absolute atomic E-state index is 12.3. The molecule has 0 aliphatic carbocycles. The van der Waals surface area contributed by atoms with Crippen LogP contribution in [0.5, 0.6) is 0 Å². The Kier molecular flexibility index (Phi) is 6.05. The molecule has 0 atom stereocenters. The number of nitrogens with zero attached hydrogens (tertiary/aromatic N) is 4. The third-order valence-corrected chi connectivity index (χ3v) is 5.63. The Morgan fingerprint density at radius 2 is 2.12 bits per heavy atom. The van der Waals surface area contributed by atoms with Crippen molar-refractivity contribution in [1.29, 1.82) is 0 Å². The molecule has 1 fully saturated rings. The van der Waals surface area contributed by atoms with Crippen molar-refractivity contribution in [2.45, 2.75) is 11.3 Å². The third-order valence-electron chi connectivity index (χ3n) is 3.78. The number of hydrogen-bond donors (Lipinski definition) is 2. The molecule has 25 heavy (non-hydrogen) atoms. The van der Waals surface area contributed by atoms with Crippen molar-refractivity contribution in [1.82, 2.24) is 25.0 Å². The van der Waals surface area contributed by atoms with Crippen LogP contribution in [-0.2, 0) is 4.79 Å². The zero-order valence-corrected chi connectivity index (χ0v) is 15.5. The number of thioether (sulfide) groups is 1. The maximum Gasteiger partial charge on any atom is 0.270 e. The monoisotopic (exact) mass is 380 g/mol. The minimum atomic E-state index is -0.103. The van der Waals surface area contributed by atoms with Crippen LogP contribution < -0.4 is 5.32 Å². The Morgan fingerprint density at radius 1 is 1.32 bits per heavy atom. The van der Waals surface area contributed by atoms with Gasteiger partial charge in [0.1, 0.15) is 5.69 Å². The number of H-pyrrole nitrogens is 1. The van der Waals surface area contributed by atoms with Gasteiger partial charge in [-0.25, -0.2) is 0 Å². The number of rotatable bonds is 6. The summed E-state index contributed by atoms with van der Waals surface area (Å²) in [5.74, 6) is 0.825. The molecule has 134 valence electrons. The van der Waals surface area contributed by atoms with Gasteiger partial charge in [-0.3, -0.25) is 19.8 Å². The fourth-order valence-corrected chi connectivity index (χ4v) is 4.21. The second-order valence-corrected chi connectivity index (χ2v) is 8.00. The lowest BCUT2D eigenvalue weighted by Gasteiger charge is -2.34. The van der Waals surface area contributed by atoms with E-state index in [2.05, 4.69) is 20.5 Å². The van der Waals surface area contributed by atoms with Crippen LogP contribution in [0.2, 0.25) is 0 Å². The lowest BCUT2D eigenvalue weighted by atomic mass is 10.2. The molecular formula is C15H20N6O2S2. The molecule has 0 bridgehead atoms. The van der Waals surface area contributed by atoms with Crippen molar-refractivity contribution in [3.8, 4) is 0 Å². The van der Waals surface area contributed by atoms with Gasteiger partial charge in [-0.1, -0.05) is 30.0 Å². The van der Waals surface area contributed by atoms with Gasteiger partial charge in [0, 0.05) is 32.4 Å². The van der Waals surface area contributed by atoms with Gasteiger partial charge >= 0.3 is 0 Å². The van der Waals surface area contributed by atoms with E-state index in [-0.39, 0.29) is 11.8 Å². The number of nitrogens with one attached hydrogen (secondary N) is 2. The standard InChI is InChI=1S/C15H20N6O2S2/c1-2-24-15-19-18-14(25-15)17-12(22)10-20-6-8-21(9-7-20)13(23)11-4-3-5-16-11/h3-5,16H,2,6-10H2,1H3,(H,17,18,22). The second-order valence-electron chi connectivity index (χ2n) is 5.51. The summed E-state index contributed by atoms with van der Waals surface area (Å²) >= 11 is 2.99. The van der Waals surface area contributed by atoms with Crippen LogP contribution in [0.1, 0.15) is 17.4 Å². The van der Waals surface area contributed by atoms with Gasteiger partial charge in [-0.05, 0) is 17.9 Å². The Labute approximate surface area is 154 Å². The summed E-state index contributed by atoms with van der Waals surface area (Å²) in [4.78, 5) is 31.2. The highest BCUT2D eigenvalue weighted by Crippen LogP contribution is 2.24. The zero-order chi connectivity index (χ0) is 17.6. The molecule has 0 unspecified atom stereocenters. The van der Waals surface area contributed by atoms with Crippen LogP contribution in [0.15, 0.2) is 22.7 Å². The van der Waals surface area contributed by atoms with E-state index in [0.717, 1.165) is 10.1 Å². The van der Waals surface area contributed by atoms with Crippen LogP contribution in [0.3, 0.4) is 0 Å². The molecule has 0 saturated carbocycles. The molecule has 3 rings (SSSR count). The van der Waals surface area contributed by atoms with Crippen molar-refractivity contribution in [2.24, 2.45) is 0 Å². The van der Waals surface area contributed by atoms with Crippen molar-refractivity contribution < 1.29 is 9.59 Å². The van der Waals surface area contributed by atoms with E-state index in [1.165, 1.54) is 11.3 Å². The van der Waals surface area contributed by atoms with E-state index in [4.69, 9.17) is 0 Å². The highest BCUT2D eigenvalue weighted by atomic mass is 32.2. The molecule has 2 amide bonds. The number of piperazine rings is 1. The fourth-order valence-electron chi connectivity index (χ4n) is 2.55. The van der Waals surface area contributed by atoms with E-state index in [1.807, 2.05) is 17.9 Å². The first-order valence-electron chi connectivity index (χ1n) is 8.07. The number of carbonyl (C=O) groups is 2. The fraction of sp³-hybridized carbons (Fsp3) is 0.467. The van der Waals surface area contributed by atoms with Crippen molar-refractivity contribution in [3.05, 3.63) is 24.0 Å². The maximum atomic E-state index is 12.3. The lowest BCUT2D eigenvalue weighted by Crippen LogP contribution is -2.50. The van der Waals surface area contributed by atoms with E-state index >= 15 is 0 Å². The molecule has 0 aromatic carbocycles. The zero-order valence-electron chi connectivity index (χ0n) is 13.9. The summed E-state index contributed by atoms with van der Waals surface area (Å²) in [6.45, 7) is 4.91. The highest BCUT2D eigenvalue weighted by Gasteiger charge is 2.23. The van der Waals surface area contributed by atoms with Crippen LogP contribution >= 0.6 is 23.1 Å². The van der Waals surface area contributed by atoms with Crippen molar-refractivity contribution in [2.75, 3.05) is 43.8 Å². The average Bonchev–Trinajstić information content (AvgIpc) is 3.27. The van der Waals surface area contributed by atoms with Gasteiger partial charge < -0.3 is 9.88 Å². The minimum Gasteiger partial charge on any atom is -0.357 e. The summed E-state index contributed by atoms with van der Waals surface area (Å²) in [6.07, 6.45) is 1.74. The number of amides is 2. The van der Waals surface area contributed by atoms with Crippen molar-refractivity contribution in [3.63, 3.8) is 0 Å². The normalized spacial score (nSPS) is 15.3. The van der Waals surface area contributed by atoms with E-state index < -0.39 is 0 Å². The predicted octanol–water partition coefficient (Wildman–Crippen LogP) is 1.37. The van der Waals surface area contributed by atoms with Crippen LogP contribution in [0.4, 0.5) is 5.13 Å². The molecule has 2 aromatic heterocycles. The molecule has 0 spiro atoms. The number of aromatic nitrogens is 3. The molecule has 10 heteroatoms. The SMILES string of the molecule is CCSc1nnc(NC(=O)CN2CCN(C(=O)c3ccc[nH]3)CC2)s1. The molecule has 2 aromatic rings. The average molecular weight is 380 g/mol. The summed E-state index contributed by atoms with van der Waals surface area (Å²) < 4.78 is 0.856. The first kappa shape index (κ1) is 17.9. The predicted molar refractivity (Wildman–Crippen MR) is 98.1 cm³/mol. The summed E-state index contributed by atoms with van der Waals surface area (Å²) in [5.41, 5.74) is 0.600. The first-order valence-corrected chi connectivity index (χ1v) is 9.87. The largest absolute Gasteiger partial charge is 0.357 e. The molecule has 2 N–H and O–H groups in total. The molecule has 3 heterocycles. The molecule has 0 radical (unpaired) electrons. The molecular weight excluding hydrogens is 360 g/mol. The number of anilines is 1. The van der Waals surface area contributed by atoms with Crippen LogP contribution in [0.25, 0.3) is 0 Å². The van der Waals surface area contributed by atoms with E-state index in [0.29, 0.717) is 43.5 Å². The first-order chi connectivity index (χ1) is 12.2. The van der Waals surface area contributed by atoms with Crippen molar-refractivity contribution >= 4 is 40.0 Å². The third kappa shape index (κ3) is 4.80. The number of carbonyl (C=O) groups excluding carboxylic acids is 2. The van der Waals surface area contributed by atoms with Gasteiger partial charge in [0.25, 0.3) is 5.91 Å². The van der Waals surface area contributed by atoms with Crippen LogP contribution in [0, 0.1) is 0 Å². The smallest absolute Gasteiger partial charge is 0.270 e. The Hall–Kier alpha value is -1.91. The van der Waals surface area contributed by atoms with E-state index in [1.54, 1.807) is 28.9 Å². The highest BCUT2D eigenvalue weighted by molar-refractivity contribution is 8.01. The summed E-state index contributed by atoms with van der Waals surface area (Å²) in [5, 5.41) is 11.3.